The molecule has 0 aromatic heterocycles. The fourth-order valence-corrected chi connectivity index (χ4v) is 1.36. The fourth-order valence-electron chi connectivity index (χ4n) is 1.36. The molecule has 0 aliphatic heterocycles. The van der Waals surface area contributed by atoms with Crippen molar-refractivity contribution in [2.24, 2.45) is 5.92 Å². The van der Waals surface area contributed by atoms with Crippen LogP contribution in [0.25, 0.3) is 0 Å². The molecule has 0 heterocycles. The predicted octanol–water partition coefficient (Wildman–Crippen LogP) is 2.67. The van der Waals surface area contributed by atoms with Gasteiger partial charge in [0.2, 0.25) is 0 Å². The van der Waals surface area contributed by atoms with Crippen LogP contribution in [0.5, 0.6) is 0 Å². The Balaban J connectivity index is 2.40. The maximum atomic E-state index is 9.44. The van der Waals surface area contributed by atoms with Crippen LogP contribution in [0.15, 0.2) is 24.3 Å². The zero-order valence-electron chi connectivity index (χ0n) is 7.96. The molecule has 1 aliphatic rings. The third-order valence-electron chi connectivity index (χ3n) is 2.09. The molecule has 0 saturated carbocycles. The van der Waals surface area contributed by atoms with Crippen molar-refractivity contribution >= 4 is 0 Å². The van der Waals surface area contributed by atoms with Crippen molar-refractivity contribution in [2.75, 3.05) is 0 Å². The van der Waals surface area contributed by atoms with Crippen molar-refractivity contribution in [3.05, 3.63) is 24.3 Å². The van der Waals surface area contributed by atoms with Crippen molar-refractivity contribution in [2.45, 2.75) is 38.7 Å². The Morgan fingerprint density at radius 1 is 1.42 bits per heavy atom. The van der Waals surface area contributed by atoms with E-state index in [1.54, 1.807) is 0 Å². The summed E-state index contributed by atoms with van der Waals surface area (Å²) in [5.41, 5.74) is -0.652. The quantitative estimate of drug-likeness (QED) is 0.625. The van der Waals surface area contributed by atoms with Crippen LogP contribution in [-0.2, 0) is 0 Å². The summed E-state index contributed by atoms with van der Waals surface area (Å²) in [4.78, 5) is 0. The standard InChI is InChI=1S/C11H18O/c1-11(2,12)9-8-10-6-4-3-5-7-10/h3-4,8-10,12H,5-7H2,1-2H3/b9-8+. The first-order chi connectivity index (χ1) is 5.58. The normalized spacial score (nSPS) is 25.1. The molecular weight excluding hydrogens is 148 g/mol. The molecule has 1 atom stereocenters. The third-order valence-corrected chi connectivity index (χ3v) is 2.09. The van der Waals surface area contributed by atoms with Gasteiger partial charge in [0, 0.05) is 0 Å². The lowest BCUT2D eigenvalue weighted by Gasteiger charge is -2.16. The Labute approximate surface area is 74.8 Å². The second-order valence-corrected chi connectivity index (χ2v) is 4.06. The van der Waals surface area contributed by atoms with Gasteiger partial charge >= 0.3 is 0 Å². The minimum absolute atomic E-state index is 0.640. The average Bonchev–Trinajstić information content (AvgIpc) is 2.02. The molecule has 1 rings (SSSR count). The van der Waals surface area contributed by atoms with Gasteiger partial charge < -0.3 is 5.11 Å². The summed E-state index contributed by atoms with van der Waals surface area (Å²) >= 11 is 0. The number of aliphatic hydroxyl groups is 1. The van der Waals surface area contributed by atoms with E-state index in [0.717, 1.165) is 6.42 Å². The van der Waals surface area contributed by atoms with E-state index >= 15 is 0 Å². The van der Waals surface area contributed by atoms with E-state index in [4.69, 9.17) is 0 Å². The smallest absolute Gasteiger partial charge is 0.0771 e. The zero-order valence-corrected chi connectivity index (χ0v) is 7.96. The Morgan fingerprint density at radius 2 is 2.17 bits per heavy atom. The van der Waals surface area contributed by atoms with Crippen LogP contribution >= 0.6 is 0 Å². The average molecular weight is 166 g/mol. The molecule has 1 N–H and O–H groups in total. The number of hydrogen-bond donors (Lipinski definition) is 1. The van der Waals surface area contributed by atoms with E-state index in [1.807, 2.05) is 19.9 Å². The molecule has 68 valence electrons. The van der Waals surface area contributed by atoms with Crippen molar-refractivity contribution in [3.8, 4) is 0 Å². The van der Waals surface area contributed by atoms with Crippen LogP contribution in [0.2, 0.25) is 0 Å². The van der Waals surface area contributed by atoms with E-state index in [2.05, 4.69) is 18.2 Å². The molecule has 1 aliphatic carbocycles. The monoisotopic (exact) mass is 166 g/mol. The SMILES string of the molecule is CC(C)(O)/C=C/C1CC=CCC1. The first kappa shape index (κ1) is 9.53. The van der Waals surface area contributed by atoms with E-state index in [0.29, 0.717) is 5.92 Å². The zero-order chi connectivity index (χ0) is 9.03. The van der Waals surface area contributed by atoms with Gasteiger partial charge in [0.1, 0.15) is 0 Å². The van der Waals surface area contributed by atoms with Gasteiger partial charge in [-0.3, -0.25) is 0 Å². The van der Waals surface area contributed by atoms with Crippen LogP contribution in [0.3, 0.4) is 0 Å². The van der Waals surface area contributed by atoms with Crippen LogP contribution in [0, 0.1) is 5.92 Å². The maximum Gasteiger partial charge on any atom is 0.0771 e. The molecule has 0 spiro atoms. The topological polar surface area (TPSA) is 20.2 Å². The second-order valence-electron chi connectivity index (χ2n) is 4.06. The molecule has 1 unspecified atom stereocenters. The summed E-state index contributed by atoms with van der Waals surface area (Å²) in [6.07, 6.45) is 12.0. The summed E-state index contributed by atoms with van der Waals surface area (Å²) in [5, 5.41) is 9.44. The highest BCUT2D eigenvalue weighted by molar-refractivity contribution is 5.03. The maximum absolute atomic E-state index is 9.44. The lowest BCUT2D eigenvalue weighted by Crippen LogP contribution is -2.14. The van der Waals surface area contributed by atoms with Crippen LogP contribution in [0.1, 0.15) is 33.1 Å². The van der Waals surface area contributed by atoms with E-state index in [-0.39, 0.29) is 0 Å². The van der Waals surface area contributed by atoms with E-state index in [1.165, 1.54) is 12.8 Å². The summed E-state index contributed by atoms with van der Waals surface area (Å²) in [7, 11) is 0. The highest BCUT2D eigenvalue weighted by atomic mass is 16.3. The minimum atomic E-state index is -0.652. The molecule has 0 aromatic carbocycles. The number of hydrogen-bond acceptors (Lipinski definition) is 1. The van der Waals surface area contributed by atoms with Gasteiger partial charge in [-0.15, -0.1) is 0 Å². The van der Waals surface area contributed by atoms with E-state index in [9.17, 15) is 5.11 Å². The lowest BCUT2D eigenvalue weighted by molar-refractivity contribution is 0.132. The van der Waals surface area contributed by atoms with Gasteiger partial charge in [-0.1, -0.05) is 24.3 Å². The Bertz CT molecular complexity index is 184. The molecule has 0 aromatic rings. The summed E-state index contributed by atoms with van der Waals surface area (Å²) in [6.45, 7) is 3.62. The summed E-state index contributed by atoms with van der Waals surface area (Å²) in [6, 6.07) is 0. The van der Waals surface area contributed by atoms with Crippen LogP contribution in [0.4, 0.5) is 0 Å². The molecule has 0 fully saturated rings. The van der Waals surface area contributed by atoms with Gasteiger partial charge in [-0.25, -0.2) is 0 Å². The van der Waals surface area contributed by atoms with Crippen LogP contribution in [-0.4, -0.2) is 10.7 Å². The Morgan fingerprint density at radius 3 is 2.67 bits per heavy atom. The first-order valence-electron chi connectivity index (χ1n) is 4.65. The van der Waals surface area contributed by atoms with Crippen molar-refractivity contribution in [3.63, 3.8) is 0 Å². The minimum Gasteiger partial charge on any atom is -0.386 e. The third kappa shape index (κ3) is 3.72. The molecule has 0 bridgehead atoms. The van der Waals surface area contributed by atoms with Gasteiger partial charge in [-0.2, -0.15) is 0 Å². The van der Waals surface area contributed by atoms with E-state index < -0.39 is 5.60 Å². The number of allylic oxidation sites excluding steroid dienone is 3. The van der Waals surface area contributed by atoms with Gasteiger partial charge in [0.05, 0.1) is 5.60 Å². The molecule has 1 nitrogen and oxygen atoms in total. The fraction of sp³-hybridized carbons (Fsp3) is 0.636. The molecule has 0 saturated heterocycles. The van der Waals surface area contributed by atoms with Crippen molar-refractivity contribution in [1.82, 2.24) is 0 Å². The molecule has 1 heteroatoms. The molecular formula is C11H18O. The largest absolute Gasteiger partial charge is 0.386 e. The summed E-state index contributed by atoms with van der Waals surface area (Å²) < 4.78 is 0. The molecule has 0 radical (unpaired) electrons. The molecule has 0 amide bonds. The lowest BCUT2D eigenvalue weighted by atomic mass is 9.92. The van der Waals surface area contributed by atoms with Crippen LogP contribution < -0.4 is 0 Å². The highest BCUT2D eigenvalue weighted by Gasteiger charge is 2.10. The predicted molar refractivity (Wildman–Crippen MR) is 51.9 cm³/mol. The van der Waals surface area contributed by atoms with Crippen molar-refractivity contribution < 1.29 is 5.11 Å². The summed E-state index contributed by atoms with van der Waals surface area (Å²) in [5.74, 6) is 0.640. The Kier molecular flexibility index (Phi) is 3.10. The van der Waals surface area contributed by atoms with Gasteiger partial charge in [0.15, 0.2) is 0 Å². The number of rotatable bonds is 2. The van der Waals surface area contributed by atoms with Crippen molar-refractivity contribution in [1.29, 1.82) is 0 Å². The van der Waals surface area contributed by atoms with Gasteiger partial charge in [0.25, 0.3) is 0 Å². The van der Waals surface area contributed by atoms with Gasteiger partial charge in [-0.05, 0) is 39.0 Å². The first-order valence-corrected chi connectivity index (χ1v) is 4.65. The molecule has 12 heavy (non-hydrogen) atoms. The Hall–Kier alpha value is -0.560. The second kappa shape index (κ2) is 3.90. The highest BCUT2D eigenvalue weighted by Crippen LogP contribution is 2.20.